The van der Waals surface area contributed by atoms with Crippen molar-refractivity contribution in [1.29, 1.82) is 0 Å². The van der Waals surface area contributed by atoms with Gasteiger partial charge in [0.15, 0.2) is 0 Å². The highest BCUT2D eigenvalue weighted by Crippen LogP contribution is 2.39. The molecule has 0 N–H and O–H groups in total. The fraction of sp³-hybridized carbons (Fsp3) is 0.556. The molecular weight excluding hydrogens is 273 g/mol. The standard InChI is InChI=1S/C18H26BNO2/c1-17(2)18(3,4)22-19(21-17)16-10-12-20(13-11-16)14-15-8-6-5-7-9-15/h5-10H,11-14H2,1-4H3/i10D,11D2. The second-order valence-corrected chi connectivity index (χ2v) is 6.99. The van der Waals surface area contributed by atoms with Crippen LogP contribution in [-0.2, 0) is 15.9 Å². The van der Waals surface area contributed by atoms with Crippen LogP contribution in [0.15, 0.2) is 41.9 Å². The van der Waals surface area contributed by atoms with Gasteiger partial charge < -0.3 is 9.31 Å². The zero-order valence-corrected chi connectivity index (χ0v) is 13.8. The number of benzene rings is 1. The topological polar surface area (TPSA) is 21.7 Å². The Morgan fingerprint density at radius 1 is 1.18 bits per heavy atom. The Hall–Kier alpha value is -1.10. The molecule has 3 rings (SSSR count). The molecule has 4 heteroatoms. The zero-order chi connectivity index (χ0) is 18.5. The molecule has 0 aliphatic carbocycles. The van der Waals surface area contributed by atoms with Crippen molar-refractivity contribution in [2.24, 2.45) is 0 Å². The molecule has 2 heterocycles. The lowest BCUT2D eigenvalue weighted by atomic mass is 9.74. The van der Waals surface area contributed by atoms with Gasteiger partial charge in [-0.15, -0.1) is 0 Å². The van der Waals surface area contributed by atoms with E-state index < -0.39 is 24.7 Å². The van der Waals surface area contributed by atoms with Crippen LogP contribution in [0.3, 0.4) is 0 Å². The molecule has 0 saturated carbocycles. The highest BCUT2D eigenvalue weighted by Gasteiger charge is 2.52. The fourth-order valence-corrected chi connectivity index (χ4v) is 2.59. The summed E-state index contributed by atoms with van der Waals surface area (Å²) < 4.78 is 37.5. The van der Waals surface area contributed by atoms with E-state index in [4.69, 9.17) is 13.4 Å². The third-order valence-electron chi connectivity index (χ3n) is 4.72. The van der Waals surface area contributed by atoms with Crippen molar-refractivity contribution >= 4 is 7.12 Å². The van der Waals surface area contributed by atoms with Gasteiger partial charge in [0, 0.05) is 22.4 Å². The zero-order valence-electron chi connectivity index (χ0n) is 16.8. The first-order chi connectivity index (χ1) is 11.5. The van der Waals surface area contributed by atoms with E-state index in [2.05, 4.69) is 0 Å². The molecular formula is C18H26BNO2. The minimum Gasteiger partial charge on any atom is -0.400 e. The molecule has 0 spiro atoms. The van der Waals surface area contributed by atoms with E-state index >= 15 is 0 Å². The van der Waals surface area contributed by atoms with Crippen molar-refractivity contribution in [3.8, 4) is 0 Å². The Balaban J connectivity index is 1.82. The van der Waals surface area contributed by atoms with E-state index in [1.807, 2.05) is 62.9 Å². The lowest BCUT2D eigenvalue weighted by Crippen LogP contribution is -2.41. The Bertz CT molecular complexity index is 660. The third kappa shape index (κ3) is 3.14. The maximum atomic E-state index is 8.52. The summed E-state index contributed by atoms with van der Waals surface area (Å²) in [5.74, 6) is 0. The van der Waals surface area contributed by atoms with Crippen molar-refractivity contribution in [2.75, 3.05) is 13.1 Å². The van der Waals surface area contributed by atoms with Gasteiger partial charge >= 0.3 is 7.12 Å². The summed E-state index contributed by atoms with van der Waals surface area (Å²) in [7, 11) is -0.800. The maximum absolute atomic E-state index is 8.52. The van der Waals surface area contributed by atoms with Gasteiger partial charge in [-0.2, -0.15) is 0 Å². The molecule has 2 aliphatic rings. The Morgan fingerprint density at radius 3 is 2.41 bits per heavy atom. The fourth-order valence-electron chi connectivity index (χ4n) is 2.59. The van der Waals surface area contributed by atoms with Crippen LogP contribution >= 0.6 is 0 Å². The number of rotatable bonds is 3. The summed E-state index contributed by atoms with van der Waals surface area (Å²) in [6, 6.07) is 10.2. The molecule has 0 unspecified atom stereocenters. The average molecular weight is 302 g/mol. The van der Waals surface area contributed by atoms with Gasteiger partial charge in [-0.05, 0) is 45.1 Å². The smallest absolute Gasteiger partial charge is 0.400 e. The minimum atomic E-state index is -1.66. The van der Waals surface area contributed by atoms with Crippen LogP contribution in [0.4, 0.5) is 0 Å². The van der Waals surface area contributed by atoms with Crippen LogP contribution in [0.25, 0.3) is 0 Å². The first kappa shape index (κ1) is 12.3. The molecule has 1 saturated heterocycles. The lowest BCUT2D eigenvalue weighted by Gasteiger charge is -2.32. The van der Waals surface area contributed by atoms with E-state index in [0.29, 0.717) is 18.6 Å². The van der Waals surface area contributed by atoms with Crippen molar-refractivity contribution in [3.05, 3.63) is 47.4 Å². The second kappa shape index (κ2) is 5.84. The number of hydrogen-bond acceptors (Lipinski definition) is 3. The number of nitrogens with zero attached hydrogens (tertiary/aromatic N) is 1. The summed E-state index contributed by atoms with van der Waals surface area (Å²) in [5, 5.41) is 0. The highest BCUT2D eigenvalue weighted by atomic mass is 16.7. The first-order valence-electron chi connectivity index (χ1n) is 9.34. The van der Waals surface area contributed by atoms with Gasteiger partial charge in [-0.1, -0.05) is 36.4 Å². The molecule has 3 nitrogen and oxygen atoms in total. The molecule has 118 valence electrons. The summed E-state index contributed by atoms with van der Waals surface area (Å²) in [6.07, 6.45) is -1.66. The Labute approximate surface area is 138 Å². The van der Waals surface area contributed by atoms with Crippen LogP contribution in [0.2, 0.25) is 0 Å². The highest BCUT2D eigenvalue weighted by molar-refractivity contribution is 6.54. The van der Waals surface area contributed by atoms with Gasteiger partial charge in [0.1, 0.15) is 0 Å². The SMILES string of the molecule is [2H]C1=C(B2OC(C)(C)C(C)(C)O2)C([2H])([2H])CN(Cc2ccccc2)C1. The molecule has 0 aromatic heterocycles. The normalized spacial score (nSPS) is 29.1. The maximum Gasteiger partial charge on any atom is 0.490 e. The molecule has 2 aliphatic heterocycles. The van der Waals surface area contributed by atoms with Gasteiger partial charge in [0.25, 0.3) is 0 Å². The quantitative estimate of drug-likeness (QED) is 0.798. The van der Waals surface area contributed by atoms with Gasteiger partial charge in [0.05, 0.1) is 12.6 Å². The number of hydrogen-bond donors (Lipinski definition) is 0. The molecule has 1 aromatic carbocycles. The molecule has 22 heavy (non-hydrogen) atoms. The second-order valence-electron chi connectivity index (χ2n) is 6.99. The van der Waals surface area contributed by atoms with E-state index in [9.17, 15) is 0 Å². The third-order valence-corrected chi connectivity index (χ3v) is 4.72. The van der Waals surface area contributed by atoms with E-state index in [0.717, 1.165) is 5.56 Å². The summed E-state index contributed by atoms with van der Waals surface area (Å²) in [6.45, 7) is 9.01. The summed E-state index contributed by atoms with van der Waals surface area (Å²) in [5.41, 5.74) is 0.366. The van der Waals surface area contributed by atoms with Crippen LogP contribution in [-0.4, -0.2) is 36.3 Å². The van der Waals surface area contributed by atoms with Crippen molar-refractivity contribution in [1.82, 2.24) is 4.90 Å². The van der Waals surface area contributed by atoms with Crippen molar-refractivity contribution in [2.45, 2.75) is 51.8 Å². The van der Waals surface area contributed by atoms with E-state index in [-0.39, 0.29) is 12.6 Å². The van der Waals surface area contributed by atoms with Crippen molar-refractivity contribution in [3.63, 3.8) is 0 Å². The van der Waals surface area contributed by atoms with E-state index in [1.54, 1.807) is 0 Å². The average Bonchev–Trinajstić information content (AvgIpc) is 2.65. The Morgan fingerprint density at radius 2 is 1.82 bits per heavy atom. The molecule has 0 radical (unpaired) electrons. The molecule has 0 atom stereocenters. The summed E-state index contributed by atoms with van der Waals surface area (Å²) >= 11 is 0. The van der Waals surface area contributed by atoms with Crippen LogP contribution in [0.1, 0.15) is 43.7 Å². The molecule has 0 amide bonds. The first-order valence-corrected chi connectivity index (χ1v) is 7.84. The molecule has 0 bridgehead atoms. The van der Waals surface area contributed by atoms with Gasteiger partial charge in [0.2, 0.25) is 0 Å². The van der Waals surface area contributed by atoms with Crippen LogP contribution < -0.4 is 0 Å². The van der Waals surface area contributed by atoms with Gasteiger partial charge in [-0.25, -0.2) is 0 Å². The summed E-state index contributed by atoms with van der Waals surface area (Å²) in [4.78, 5) is 1.96. The monoisotopic (exact) mass is 302 g/mol. The largest absolute Gasteiger partial charge is 0.490 e. The predicted octanol–water partition coefficient (Wildman–Crippen LogP) is 3.45. The van der Waals surface area contributed by atoms with Crippen molar-refractivity contribution < 1.29 is 13.4 Å². The predicted molar refractivity (Wildman–Crippen MR) is 90.5 cm³/mol. The van der Waals surface area contributed by atoms with Crippen LogP contribution in [0, 0.1) is 0 Å². The van der Waals surface area contributed by atoms with E-state index in [1.165, 1.54) is 0 Å². The van der Waals surface area contributed by atoms with Gasteiger partial charge in [-0.3, -0.25) is 4.90 Å². The minimum absolute atomic E-state index is 0.226. The Kier molecular flexibility index (Phi) is 3.28. The molecule has 1 aromatic rings. The lowest BCUT2D eigenvalue weighted by molar-refractivity contribution is 0.00578. The van der Waals surface area contributed by atoms with Crippen LogP contribution in [0.5, 0.6) is 0 Å². The molecule has 1 fully saturated rings.